The number of hydrogen-bond donors (Lipinski definition) is 2. The van der Waals surface area contributed by atoms with Gasteiger partial charge in [-0.25, -0.2) is 0 Å². The Morgan fingerprint density at radius 1 is 0.792 bits per heavy atom. The summed E-state index contributed by atoms with van der Waals surface area (Å²) in [5.74, 6) is 0. The van der Waals surface area contributed by atoms with Crippen LogP contribution in [0.4, 0.5) is 0 Å². The minimum atomic E-state index is -4.16. The largest absolute Gasteiger partial charge is 0.374 e. The van der Waals surface area contributed by atoms with E-state index < -0.39 is 20.3 Å². The smallest absolute Gasteiger partial charge is 0.368 e. The Morgan fingerprint density at radius 2 is 1.17 bits per heavy atom. The van der Waals surface area contributed by atoms with Crippen molar-refractivity contribution in [3.63, 3.8) is 0 Å². The summed E-state index contributed by atoms with van der Waals surface area (Å²) in [5, 5.41) is 8.86. The third-order valence-corrected chi connectivity index (χ3v) is 9.35. The fraction of sp³-hybridized carbons (Fsp3) is 1.00. The van der Waals surface area contributed by atoms with Gasteiger partial charge in [-0.15, -0.1) is 0 Å². The lowest BCUT2D eigenvalue weighted by Crippen LogP contribution is -2.33. The van der Waals surface area contributed by atoms with Gasteiger partial charge < -0.3 is 28.9 Å². The van der Waals surface area contributed by atoms with E-state index in [0.717, 1.165) is 6.42 Å². The van der Waals surface area contributed by atoms with E-state index >= 15 is 0 Å². The Bertz CT molecular complexity index is 383. The number of nitrogens with two attached hydrogens (primary N) is 1. The molecule has 0 aliphatic heterocycles. The van der Waals surface area contributed by atoms with Crippen molar-refractivity contribution in [2.24, 2.45) is 5.73 Å². The van der Waals surface area contributed by atoms with E-state index in [0.29, 0.717) is 19.4 Å². The van der Waals surface area contributed by atoms with Crippen molar-refractivity contribution < 1.29 is 32.3 Å². The van der Waals surface area contributed by atoms with Gasteiger partial charge in [-0.3, -0.25) is 9.13 Å². The van der Waals surface area contributed by atoms with Crippen LogP contribution in [0.5, 0.6) is 0 Å². The summed E-state index contributed by atoms with van der Waals surface area (Å²) in [7, 11) is -8.32. The van der Waals surface area contributed by atoms with Gasteiger partial charge in [-0.05, 0) is 53.5 Å². The molecule has 0 aromatic carbocycles. The molecule has 0 amide bonds. The number of aliphatic hydroxyl groups is 1. The van der Waals surface area contributed by atoms with Crippen LogP contribution in [0.1, 0.15) is 53.4 Å². The maximum absolute atomic E-state index is 13.2. The van der Waals surface area contributed by atoms with Crippen molar-refractivity contribution in [3.05, 3.63) is 0 Å². The summed E-state index contributed by atoms with van der Waals surface area (Å²) in [6.45, 7) is 7.09. The summed E-state index contributed by atoms with van der Waals surface area (Å²) < 4.78 is 47.5. The Balaban J connectivity index is 5.85. The Kier molecular flexibility index (Phi) is 11.9. The highest BCUT2D eigenvalue weighted by molar-refractivity contribution is 7.73. The van der Waals surface area contributed by atoms with E-state index in [4.69, 9.17) is 23.8 Å². The summed E-state index contributed by atoms with van der Waals surface area (Å²) in [4.78, 5) is 0. The molecule has 3 N–H and O–H groups in total. The number of rotatable bonds is 15. The van der Waals surface area contributed by atoms with Gasteiger partial charge in [0.15, 0.2) is 0 Å². The highest BCUT2D eigenvalue weighted by Gasteiger charge is 2.64. The SMILES string of the molecule is CCOP(=O)(OCC)C(O)(CCCCCN)P(=O)(OCC)OCC. The second kappa shape index (κ2) is 11.8. The summed E-state index contributed by atoms with van der Waals surface area (Å²) >= 11 is 0. The van der Waals surface area contributed by atoms with Gasteiger partial charge in [0.1, 0.15) is 0 Å². The van der Waals surface area contributed by atoms with Crippen molar-refractivity contribution in [1.82, 2.24) is 0 Å². The Labute approximate surface area is 145 Å². The third kappa shape index (κ3) is 5.89. The minimum absolute atomic E-state index is 0.0284. The van der Waals surface area contributed by atoms with Crippen molar-refractivity contribution >= 4 is 15.2 Å². The topological polar surface area (TPSA) is 117 Å². The predicted octanol–water partition coefficient (Wildman–Crippen LogP) is 3.68. The average Bonchev–Trinajstić information content (AvgIpc) is 2.52. The first kappa shape index (κ1) is 24.2. The second-order valence-corrected chi connectivity index (χ2v) is 9.89. The maximum atomic E-state index is 13.2. The van der Waals surface area contributed by atoms with Crippen LogP contribution in [-0.2, 0) is 27.2 Å². The molecular weight excluding hydrogens is 356 g/mol. The van der Waals surface area contributed by atoms with Gasteiger partial charge in [-0.1, -0.05) is 6.42 Å². The summed E-state index contributed by atoms with van der Waals surface area (Å²) in [6, 6.07) is 0. The van der Waals surface area contributed by atoms with Gasteiger partial charge >= 0.3 is 15.2 Å². The molecule has 0 rings (SSSR count). The Morgan fingerprint density at radius 3 is 1.46 bits per heavy atom. The van der Waals surface area contributed by atoms with Gasteiger partial charge in [0.2, 0.25) is 0 Å². The average molecular weight is 389 g/mol. The van der Waals surface area contributed by atoms with Gasteiger partial charge in [-0.2, -0.15) is 0 Å². The molecular formula is C14H33NO7P2. The molecule has 0 unspecified atom stereocenters. The van der Waals surface area contributed by atoms with E-state index in [-0.39, 0.29) is 32.8 Å². The minimum Gasteiger partial charge on any atom is -0.368 e. The number of unbranched alkanes of at least 4 members (excludes halogenated alkanes) is 2. The molecule has 8 nitrogen and oxygen atoms in total. The Hall–Kier alpha value is 0.220. The maximum Gasteiger partial charge on any atom is 0.374 e. The molecule has 0 aliphatic rings. The highest BCUT2D eigenvalue weighted by Crippen LogP contribution is 2.78. The van der Waals surface area contributed by atoms with Crippen LogP contribution in [0.25, 0.3) is 0 Å². The van der Waals surface area contributed by atoms with E-state index in [1.54, 1.807) is 27.7 Å². The van der Waals surface area contributed by atoms with Gasteiger partial charge in [0.05, 0.1) is 26.4 Å². The van der Waals surface area contributed by atoms with Crippen molar-refractivity contribution in [2.75, 3.05) is 33.0 Å². The predicted molar refractivity (Wildman–Crippen MR) is 94.2 cm³/mol. The van der Waals surface area contributed by atoms with E-state index in [2.05, 4.69) is 0 Å². The molecule has 0 saturated carbocycles. The van der Waals surface area contributed by atoms with Crippen LogP contribution >= 0.6 is 15.2 Å². The molecule has 0 aliphatic carbocycles. The molecule has 0 spiro atoms. The molecule has 0 radical (unpaired) electrons. The first-order valence-corrected chi connectivity index (χ1v) is 11.6. The highest BCUT2D eigenvalue weighted by atomic mass is 31.2. The molecule has 146 valence electrons. The monoisotopic (exact) mass is 389 g/mol. The third-order valence-electron chi connectivity index (χ3n) is 3.29. The molecule has 0 atom stereocenters. The summed E-state index contributed by atoms with van der Waals surface area (Å²) in [6.07, 6.45) is 1.75. The lowest BCUT2D eigenvalue weighted by atomic mass is 10.2. The quantitative estimate of drug-likeness (QED) is 0.322. The molecule has 10 heteroatoms. The summed E-state index contributed by atoms with van der Waals surface area (Å²) in [5.41, 5.74) is 5.47. The van der Waals surface area contributed by atoms with Crippen molar-refractivity contribution in [1.29, 1.82) is 0 Å². The normalized spacial score (nSPS) is 13.4. The van der Waals surface area contributed by atoms with Gasteiger partial charge in [0.25, 0.3) is 5.08 Å². The lowest BCUT2D eigenvalue weighted by molar-refractivity contribution is 0.0759. The van der Waals surface area contributed by atoms with Crippen LogP contribution < -0.4 is 5.73 Å². The number of hydrogen-bond acceptors (Lipinski definition) is 8. The second-order valence-electron chi connectivity index (χ2n) is 5.04. The van der Waals surface area contributed by atoms with Crippen LogP contribution in [0.15, 0.2) is 0 Å². The van der Waals surface area contributed by atoms with E-state index in [1.165, 1.54) is 0 Å². The zero-order chi connectivity index (χ0) is 18.7. The standard InChI is InChI=1S/C14H33NO7P2/c1-5-19-23(17,20-6-2)14(16,12-10-9-11-13-15)24(18,21-7-3)22-8-4/h16H,5-13,15H2,1-4H3. The first-order chi connectivity index (χ1) is 11.3. The fourth-order valence-corrected chi connectivity index (χ4v) is 7.37. The molecule has 24 heavy (non-hydrogen) atoms. The van der Waals surface area contributed by atoms with E-state index in [9.17, 15) is 14.2 Å². The lowest BCUT2D eigenvalue weighted by Gasteiger charge is -2.38. The van der Waals surface area contributed by atoms with E-state index in [1.807, 2.05) is 0 Å². The zero-order valence-electron chi connectivity index (χ0n) is 15.2. The van der Waals surface area contributed by atoms with Crippen molar-refractivity contribution in [3.8, 4) is 0 Å². The van der Waals surface area contributed by atoms with Crippen LogP contribution in [0, 0.1) is 0 Å². The fourth-order valence-electron chi connectivity index (χ4n) is 2.28. The van der Waals surface area contributed by atoms with Gasteiger partial charge in [0, 0.05) is 0 Å². The molecule has 0 heterocycles. The first-order valence-electron chi connectivity index (χ1n) is 8.51. The molecule has 0 saturated heterocycles. The molecule has 0 aromatic rings. The van der Waals surface area contributed by atoms with Crippen LogP contribution in [-0.4, -0.2) is 43.2 Å². The van der Waals surface area contributed by atoms with Crippen LogP contribution in [0.3, 0.4) is 0 Å². The molecule has 0 aromatic heterocycles. The zero-order valence-corrected chi connectivity index (χ0v) is 17.0. The molecule has 0 bridgehead atoms. The van der Waals surface area contributed by atoms with Crippen LogP contribution in [0.2, 0.25) is 0 Å². The molecule has 0 fully saturated rings. The van der Waals surface area contributed by atoms with Crippen molar-refractivity contribution in [2.45, 2.75) is 58.5 Å².